The van der Waals surface area contributed by atoms with Crippen LogP contribution in [0.4, 0.5) is 4.39 Å². The SMILES string of the molecule is COCCCn1c(C2CCCN(C(=O)C[C@H](N)Cc3ccc(-c4ccc5[nH]ncc5c4)cc3)C2)cc2c(F)cccc21. The number of likely N-dealkylation sites (tertiary alicyclic amines) is 1. The van der Waals surface area contributed by atoms with Crippen LogP contribution in [0.2, 0.25) is 0 Å². The second-order valence-electron chi connectivity index (χ2n) is 11.5. The van der Waals surface area contributed by atoms with E-state index in [0.717, 1.165) is 71.2 Å². The molecule has 42 heavy (non-hydrogen) atoms. The third-order valence-electron chi connectivity index (χ3n) is 8.51. The number of methoxy groups -OCH3 is 1. The van der Waals surface area contributed by atoms with E-state index in [1.807, 2.05) is 29.3 Å². The molecule has 7 nitrogen and oxygen atoms in total. The van der Waals surface area contributed by atoms with Crippen molar-refractivity contribution >= 4 is 27.7 Å². The maximum Gasteiger partial charge on any atom is 0.224 e. The van der Waals surface area contributed by atoms with Gasteiger partial charge in [-0.25, -0.2) is 4.39 Å². The molecule has 218 valence electrons. The fourth-order valence-corrected chi connectivity index (χ4v) is 6.35. The highest BCUT2D eigenvalue weighted by Crippen LogP contribution is 2.33. The van der Waals surface area contributed by atoms with Gasteiger partial charge in [-0.15, -0.1) is 0 Å². The molecule has 2 aromatic heterocycles. The minimum Gasteiger partial charge on any atom is -0.385 e. The molecule has 1 aliphatic heterocycles. The molecule has 3 heterocycles. The number of benzene rings is 3. The number of aryl methyl sites for hydroxylation is 1. The Morgan fingerprint density at radius 2 is 1.98 bits per heavy atom. The number of rotatable bonds is 10. The highest BCUT2D eigenvalue weighted by molar-refractivity contribution is 5.84. The number of nitrogens with two attached hydrogens (primary N) is 1. The maximum absolute atomic E-state index is 14.7. The lowest BCUT2D eigenvalue weighted by atomic mass is 9.93. The highest BCUT2D eigenvalue weighted by Gasteiger charge is 2.28. The summed E-state index contributed by atoms with van der Waals surface area (Å²) in [6.07, 6.45) is 5.50. The van der Waals surface area contributed by atoms with Gasteiger partial charge in [-0.05, 0) is 72.7 Å². The Balaban J connectivity index is 1.09. The Bertz CT molecular complexity index is 1670. The van der Waals surface area contributed by atoms with Crippen LogP contribution >= 0.6 is 0 Å². The first-order valence-electron chi connectivity index (χ1n) is 14.8. The van der Waals surface area contributed by atoms with Crippen molar-refractivity contribution in [1.29, 1.82) is 0 Å². The van der Waals surface area contributed by atoms with Gasteiger partial charge in [0.15, 0.2) is 0 Å². The minimum atomic E-state index is -0.263. The van der Waals surface area contributed by atoms with Gasteiger partial charge in [-0.3, -0.25) is 9.89 Å². The Labute approximate surface area is 245 Å². The first kappa shape index (κ1) is 28.1. The highest BCUT2D eigenvalue weighted by atomic mass is 19.1. The molecule has 1 amide bonds. The Kier molecular flexibility index (Phi) is 8.35. The first-order valence-corrected chi connectivity index (χ1v) is 14.8. The van der Waals surface area contributed by atoms with Crippen LogP contribution in [0.5, 0.6) is 0 Å². The van der Waals surface area contributed by atoms with Crippen LogP contribution in [0.1, 0.15) is 42.9 Å². The summed E-state index contributed by atoms with van der Waals surface area (Å²) in [5, 5.41) is 8.81. The number of aromatic nitrogens is 3. The molecular formula is C34H38FN5O2. The van der Waals surface area contributed by atoms with Crippen LogP contribution in [0, 0.1) is 5.82 Å². The van der Waals surface area contributed by atoms with Gasteiger partial charge in [0.05, 0.1) is 17.2 Å². The van der Waals surface area contributed by atoms with Gasteiger partial charge in [-0.2, -0.15) is 5.10 Å². The molecule has 1 unspecified atom stereocenters. The van der Waals surface area contributed by atoms with Crippen LogP contribution in [0.15, 0.2) is 72.9 Å². The van der Waals surface area contributed by atoms with Crippen LogP contribution in [0.25, 0.3) is 32.9 Å². The molecule has 3 aromatic carbocycles. The van der Waals surface area contributed by atoms with E-state index in [0.29, 0.717) is 31.4 Å². The topological polar surface area (TPSA) is 89.2 Å². The molecule has 1 aliphatic rings. The number of piperidine rings is 1. The third-order valence-corrected chi connectivity index (χ3v) is 8.51. The zero-order valence-corrected chi connectivity index (χ0v) is 24.1. The smallest absolute Gasteiger partial charge is 0.224 e. The average Bonchev–Trinajstić information content (AvgIpc) is 3.63. The number of amides is 1. The van der Waals surface area contributed by atoms with Gasteiger partial charge >= 0.3 is 0 Å². The van der Waals surface area contributed by atoms with Crippen molar-refractivity contribution in [2.45, 2.75) is 50.6 Å². The number of H-pyrrole nitrogens is 1. The number of aromatic amines is 1. The number of halogens is 1. The molecule has 0 spiro atoms. The minimum absolute atomic E-state index is 0.0884. The quantitative estimate of drug-likeness (QED) is 0.202. The average molecular weight is 568 g/mol. The second-order valence-corrected chi connectivity index (χ2v) is 11.5. The summed E-state index contributed by atoms with van der Waals surface area (Å²) in [5.74, 6) is 0.0357. The number of hydrogen-bond acceptors (Lipinski definition) is 4. The van der Waals surface area contributed by atoms with Gasteiger partial charge in [0.2, 0.25) is 5.91 Å². The van der Waals surface area contributed by atoms with E-state index in [4.69, 9.17) is 10.5 Å². The number of carbonyl (C=O) groups excluding carboxylic acids is 1. The number of hydrogen-bond donors (Lipinski definition) is 2. The fraction of sp³-hybridized carbons (Fsp3) is 0.353. The lowest BCUT2D eigenvalue weighted by molar-refractivity contribution is -0.132. The maximum atomic E-state index is 14.7. The van der Waals surface area contributed by atoms with Crippen molar-refractivity contribution in [1.82, 2.24) is 19.7 Å². The molecule has 0 radical (unpaired) electrons. The van der Waals surface area contributed by atoms with Gasteiger partial charge in [0, 0.05) is 68.2 Å². The number of ether oxygens (including phenoxy) is 1. The largest absolute Gasteiger partial charge is 0.385 e. The Morgan fingerprint density at radius 3 is 2.81 bits per heavy atom. The first-order chi connectivity index (χ1) is 20.5. The summed E-state index contributed by atoms with van der Waals surface area (Å²) in [6, 6.07) is 21.6. The van der Waals surface area contributed by atoms with Gasteiger partial charge in [0.1, 0.15) is 5.82 Å². The van der Waals surface area contributed by atoms with Gasteiger partial charge in [-0.1, -0.05) is 36.4 Å². The zero-order chi connectivity index (χ0) is 29.1. The van der Waals surface area contributed by atoms with Crippen molar-refractivity contribution in [2.24, 2.45) is 5.73 Å². The summed E-state index contributed by atoms with van der Waals surface area (Å²) < 4.78 is 22.2. The van der Waals surface area contributed by atoms with E-state index < -0.39 is 0 Å². The standard InChI is InChI=1S/C34H38FN5O2/c1-42-16-4-15-40-32-7-2-6-30(35)29(32)20-33(40)26-5-3-14-39(22-26)34(41)19-28(36)17-23-8-10-24(11-9-23)25-12-13-31-27(18-25)21-37-38-31/h2,6-13,18,20-21,26,28H,3-5,14-17,19,22,36H2,1H3,(H,37,38)/t26?,28-/m1/s1. The van der Waals surface area contributed by atoms with Crippen molar-refractivity contribution in [2.75, 3.05) is 26.8 Å². The van der Waals surface area contributed by atoms with E-state index in [-0.39, 0.29) is 23.7 Å². The summed E-state index contributed by atoms with van der Waals surface area (Å²) in [7, 11) is 1.70. The van der Waals surface area contributed by atoms with E-state index >= 15 is 0 Å². The lowest BCUT2D eigenvalue weighted by Gasteiger charge is -2.34. The number of carbonyl (C=O) groups is 1. The molecule has 5 aromatic rings. The fourth-order valence-electron chi connectivity index (χ4n) is 6.35. The summed E-state index contributed by atoms with van der Waals surface area (Å²) >= 11 is 0. The molecule has 6 rings (SSSR count). The normalized spacial score (nSPS) is 16.4. The number of nitrogens with one attached hydrogen (secondary N) is 1. The molecule has 2 atom stereocenters. The van der Waals surface area contributed by atoms with Crippen LogP contribution in [-0.4, -0.2) is 58.4 Å². The molecule has 1 saturated heterocycles. The molecular weight excluding hydrogens is 529 g/mol. The predicted molar refractivity (Wildman–Crippen MR) is 165 cm³/mol. The van der Waals surface area contributed by atoms with Gasteiger partial charge < -0.3 is 19.9 Å². The predicted octanol–water partition coefficient (Wildman–Crippen LogP) is 6.03. The zero-order valence-electron chi connectivity index (χ0n) is 24.1. The summed E-state index contributed by atoms with van der Waals surface area (Å²) in [4.78, 5) is 15.3. The second kappa shape index (κ2) is 12.5. The molecule has 3 N–H and O–H groups in total. The van der Waals surface area contributed by atoms with Gasteiger partial charge in [0.25, 0.3) is 0 Å². The van der Waals surface area contributed by atoms with Crippen molar-refractivity contribution in [3.8, 4) is 11.1 Å². The van der Waals surface area contributed by atoms with Crippen molar-refractivity contribution in [3.63, 3.8) is 0 Å². The van der Waals surface area contributed by atoms with Crippen molar-refractivity contribution in [3.05, 3.63) is 90.0 Å². The van der Waals surface area contributed by atoms with Crippen LogP contribution < -0.4 is 5.73 Å². The van der Waals surface area contributed by atoms with Crippen molar-refractivity contribution < 1.29 is 13.9 Å². The molecule has 0 aliphatic carbocycles. The monoisotopic (exact) mass is 567 g/mol. The Hall–Kier alpha value is -4.01. The molecule has 0 saturated carbocycles. The number of fused-ring (bicyclic) bond motifs is 2. The Morgan fingerprint density at radius 1 is 1.14 bits per heavy atom. The lowest BCUT2D eigenvalue weighted by Crippen LogP contribution is -2.42. The van der Waals surface area contributed by atoms with E-state index in [9.17, 15) is 9.18 Å². The summed E-state index contributed by atoms with van der Waals surface area (Å²) in [5.41, 5.74) is 12.9. The molecule has 8 heteroatoms. The molecule has 1 fully saturated rings. The molecule has 0 bridgehead atoms. The summed E-state index contributed by atoms with van der Waals surface area (Å²) in [6.45, 7) is 2.76. The van der Waals surface area contributed by atoms with E-state index in [1.54, 1.807) is 13.2 Å². The van der Waals surface area contributed by atoms with E-state index in [1.165, 1.54) is 6.07 Å². The number of nitrogens with zero attached hydrogens (tertiary/aromatic N) is 3. The van der Waals surface area contributed by atoms with E-state index in [2.05, 4.69) is 51.2 Å². The van der Waals surface area contributed by atoms with Crippen LogP contribution in [0.3, 0.4) is 0 Å². The van der Waals surface area contributed by atoms with Crippen LogP contribution in [-0.2, 0) is 22.5 Å². The third kappa shape index (κ3) is 5.96.